The summed E-state index contributed by atoms with van der Waals surface area (Å²) >= 11 is 5.59. The second kappa shape index (κ2) is 6.80. The number of nitrogens with two attached hydrogens (primary N) is 1. The molecular weight excluding hydrogens is 290 g/mol. The first-order chi connectivity index (χ1) is 10.0. The molecule has 21 heavy (non-hydrogen) atoms. The Balaban J connectivity index is 2.31. The van der Waals surface area contributed by atoms with Gasteiger partial charge in [-0.05, 0) is 37.0 Å². The van der Waals surface area contributed by atoms with E-state index in [-0.39, 0.29) is 17.3 Å². The number of alkyl halides is 1. The lowest BCUT2D eigenvalue weighted by Crippen LogP contribution is -2.33. The number of halogens is 1. The Bertz CT molecular complexity index is 552. The van der Waals surface area contributed by atoms with Gasteiger partial charge in [0.25, 0.3) is 0 Å². The molecule has 0 bridgehead atoms. The quantitative estimate of drug-likeness (QED) is 0.509. The van der Waals surface area contributed by atoms with E-state index in [1.807, 2.05) is 0 Å². The molecule has 6 heteroatoms. The zero-order valence-electron chi connectivity index (χ0n) is 12.1. The van der Waals surface area contributed by atoms with Gasteiger partial charge in [-0.1, -0.05) is 6.92 Å². The first kappa shape index (κ1) is 15.6. The van der Waals surface area contributed by atoms with Gasteiger partial charge in [0, 0.05) is 13.1 Å². The minimum absolute atomic E-state index is 0.119. The molecule has 0 atom stereocenters. The fourth-order valence-electron chi connectivity index (χ4n) is 2.49. The molecule has 5 nitrogen and oxygen atoms in total. The van der Waals surface area contributed by atoms with Crippen molar-refractivity contribution in [2.75, 3.05) is 23.9 Å². The van der Waals surface area contributed by atoms with E-state index in [0.717, 1.165) is 31.6 Å². The van der Waals surface area contributed by atoms with Crippen LogP contribution in [0.3, 0.4) is 0 Å². The SMILES string of the molecule is CC1CCN(c2ccc(N=C(N)CCl)cc2C(=O)O)CC1. The molecule has 1 heterocycles. The number of anilines is 1. The number of hydrogen-bond donors (Lipinski definition) is 2. The van der Waals surface area contributed by atoms with Gasteiger partial charge in [-0.2, -0.15) is 0 Å². The van der Waals surface area contributed by atoms with Gasteiger partial charge in [0.2, 0.25) is 0 Å². The van der Waals surface area contributed by atoms with E-state index in [4.69, 9.17) is 17.3 Å². The topological polar surface area (TPSA) is 78.9 Å². The average molecular weight is 310 g/mol. The molecule has 114 valence electrons. The van der Waals surface area contributed by atoms with Crippen molar-refractivity contribution in [3.63, 3.8) is 0 Å². The number of hydrogen-bond acceptors (Lipinski definition) is 3. The monoisotopic (exact) mass is 309 g/mol. The molecule has 0 spiro atoms. The van der Waals surface area contributed by atoms with Crippen LogP contribution in [0, 0.1) is 5.92 Å². The summed E-state index contributed by atoms with van der Waals surface area (Å²) in [6.07, 6.45) is 2.16. The van der Waals surface area contributed by atoms with Crippen molar-refractivity contribution in [3.05, 3.63) is 23.8 Å². The Morgan fingerprint density at radius 1 is 1.48 bits per heavy atom. The third-order valence-corrected chi connectivity index (χ3v) is 4.02. The summed E-state index contributed by atoms with van der Waals surface area (Å²) in [5.41, 5.74) is 7.11. The Hall–Kier alpha value is -1.75. The van der Waals surface area contributed by atoms with E-state index in [2.05, 4.69) is 16.8 Å². The number of rotatable bonds is 4. The standard InChI is InChI=1S/C15H20ClN3O2/c1-10-4-6-19(7-5-10)13-3-2-11(18-14(17)9-16)8-12(13)15(20)21/h2-3,8,10H,4-7,9H2,1H3,(H2,17,18)(H,20,21). The number of piperidine rings is 1. The lowest BCUT2D eigenvalue weighted by atomic mass is 9.98. The van der Waals surface area contributed by atoms with Gasteiger partial charge < -0.3 is 15.7 Å². The van der Waals surface area contributed by atoms with Crippen molar-refractivity contribution in [1.29, 1.82) is 0 Å². The molecule has 0 aliphatic carbocycles. The van der Waals surface area contributed by atoms with Crippen molar-refractivity contribution < 1.29 is 9.90 Å². The van der Waals surface area contributed by atoms with Crippen LogP contribution >= 0.6 is 11.6 Å². The number of carbonyl (C=O) groups is 1. The van der Waals surface area contributed by atoms with Crippen LogP contribution in [0.2, 0.25) is 0 Å². The average Bonchev–Trinajstić information content (AvgIpc) is 2.48. The van der Waals surface area contributed by atoms with Gasteiger partial charge in [0.1, 0.15) is 5.84 Å². The van der Waals surface area contributed by atoms with Crippen LogP contribution in [0.1, 0.15) is 30.1 Å². The summed E-state index contributed by atoms with van der Waals surface area (Å²) < 4.78 is 0. The van der Waals surface area contributed by atoms with Gasteiger partial charge in [-0.15, -0.1) is 11.6 Å². The number of aliphatic imine (C=N–C) groups is 1. The van der Waals surface area contributed by atoms with Crippen LogP contribution in [0.4, 0.5) is 11.4 Å². The van der Waals surface area contributed by atoms with E-state index >= 15 is 0 Å². The fourth-order valence-corrected chi connectivity index (χ4v) is 2.55. The fraction of sp³-hybridized carbons (Fsp3) is 0.467. The lowest BCUT2D eigenvalue weighted by molar-refractivity contribution is 0.0697. The molecular formula is C15H20ClN3O2. The Morgan fingerprint density at radius 3 is 2.71 bits per heavy atom. The van der Waals surface area contributed by atoms with Crippen molar-refractivity contribution in [2.45, 2.75) is 19.8 Å². The Labute approximate surface area is 129 Å². The van der Waals surface area contributed by atoms with Crippen molar-refractivity contribution >= 4 is 34.8 Å². The predicted molar refractivity (Wildman–Crippen MR) is 86.0 cm³/mol. The lowest BCUT2D eigenvalue weighted by Gasteiger charge is -2.33. The third kappa shape index (κ3) is 3.88. The van der Waals surface area contributed by atoms with Crippen LogP contribution in [0.5, 0.6) is 0 Å². The van der Waals surface area contributed by atoms with Crippen molar-refractivity contribution in [2.24, 2.45) is 16.6 Å². The van der Waals surface area contributed by atoms with Crippen molar-refractivity contribution in [3.8, 4) is 0 Å². The largest absolute Gasteiger partial charge is 0.478 e. The van der Waals surface area contributed by atoms with E-state index < -0.39 is 5.97 Å². The highest BCUT2D eigenvalue weighted by molar-refractivity contribution is 6.28. The number of nitrogens with zero attached hydrogens (tertiary/aromatic N) is 2. The molecule has 3 N–H and O–H groups in total. The zero-order chi connectivity index (χ0) is 15.4. The van der Waals surface area contributed by atoms with Gasteiger partial charge in [-0.25, -0.2) is 9.79 Å². The van der Waals surface area contributed by atoms with Gasteiger partial charge in [0.15, 0.2) is 0 Å². The summed E-state index contributed by atoms with van der Waals surface area (Å²) in [5.74, 6) is 0.133. The maximum absolute atomic E-state index is 11.5. The molecule has 1 aromatic rings. The molecule has 0 aromatic heterocycles. The Kier molecular flexibility index (Phi) is 5.07. The molecule has 0 unspecified atom stereocenters. The number of aromatic carboxylic acids is 1. The second-order valence-corrected chi connectivity index (χ2v) is 5.68. The van der Waals surface area contributed by atoms with Crippen LogP contribution < -0.4 is 10.6 Å². The van der Waals surface area contributed by atoms with Crippen molar-refractivity contribution in [1.82, 2.24) is 0 Å². The summed E-state index contributed by atoms with van der Waals surface area (Å²) in [4.78, 5) is 17.7. The highest BCUT2D eigenvalue weighted by atomic mass is 35.5. The van der Waals surface area contributed by atoms with Gasteiger partial charge in [0.05, 0.1) is 22.8 Å². The summed E-state index contributed by atoms with van der Waals surface area (Å²) in [6, 6.07) is 5.13. The summed E-state index contributed by atoms with van der Waals surface area (Å²) in [7, 11) is 0. The van der Waals surface area contributed by atoms with Gasteiger partial charge in [-0.3, -0.25) is 0 Å². The molecule has 1 aliphatic rings. The molecule has 1 aliphatic heterocycles. The summed E-state index contributed by atoms with van der Waals surface area (Å²) in [6.45, 7) is 3.99. The number of amidine groups is 1. The van der Waals surface area contributed by atoms with E-state index in [1.165, 1.54) is 0 Å². The smallest absolute Gasteiger partial charge is 0.337 e. The van der Waals surface area contributed by atoms with E-state index in [1.54, 1.807) is 18.2 Å². The van der Waals surface area contributed by atoms with E-state index in [0.29, 0.717) is 11.6 Å². The van der Waals surface area contributed by atoms with Crippen LogP contribution in [-0.2, 0) is 0 Å². The predicted octanol–water partition coefficient (Wildman–Crippen LogP) is 2.85. The molecule has 0 radical (unpaired) electrons. The molecule has 1 fully saturated rings. The highest BCUT2D eigenvalue weighted by Gasteiger charge is 2.21. The summed E-state index contributed by atoms with van der Waals surface area (Å²) in [5, 5.41) is 9.43. The maximum atomic E-state index is 11.5. The molecule has 0 amide bonds. The van der Waals surface area contributed by atoms with Crippen LogP contribution in [0.15, 0.2) is 23.2 Å². The molecule has 0 saturated carbocycles. The minimum atomic E-state index is -0.954. The third-order valence-electron chi connectivity index (χ3n) is 3.74. The number of carboxylic acids is 1. The molecule has 1 aromatic carbocycles. The number of carboxylic acid groups (broad SMARTS) is 1. The second-order valence-electron chi connectivity index (χ2n) is 5.41. The van der Waals surface area contributed by atoms with E-state index in [9.17, 15) is 9.90 Å². The molecule has 1 saturated heterocycles. The first-order valence-corrected chi connectivity index (χ1v) is 7.56. The highest BCUT2D eigenvalue weighted by Crippen LogP contribution is 2.29. The first-order valence-electron chi connectivity index (χ1n) is 7.02. The van der Waals surface area contributed by atoms with Gasteiger partial charge >= 0.3 is 5.97 Å². The normalized spacial score (nSPS) is 17.0. The Morgan fingerprint density at radius 2 is 2.14 bits per heavy atom. The maximum Gasteiger partial charge on any atom is 0.337 e. The number of benzene rings is 1. The minimum Gasteiger partial charge on any atom is -0.478 e. The molecule has 2 rings (SSSR count). The zero-order valence-corrected chi connectivity index (χ0v) is 12.8. The van der Waals surface area contributed by atoms with Crippen LogP contribution in [0.25, 0.3) is 0 Å². The van der Waals surface area contributed by atoms with Crippen LogP contribution in [-0.4, -0.2) is 35.9 Å².